The van der Waals surface area contributed by atoms with E-state index in [-0.39, 0.29) is 5.38 Å². The fourth-order valence-corrected chi connectivity index (χ4v) is 2.32. The summed E-state index contributed by atoms with van der Waals surface area (Å²) < 4.78 is 0. The van der Waals surface area contributed by atoms with Crippen LogP contribution in [-0.2, 0) is 0 Å². The number of aromatic amines is 1. The SMILES string of the molecule is Cc1c[nH]c(C2=C(Cl)C=CCC2Cl)c1. The van der Waals surface area contributed by atoms with E-state index in [1.54, 1.807) is 0 Å². The minimum absolute atomic E-state index is 0.0226. The number of rotatable bonds is 1. The van der Waals surface area contributed by atoms with Crippen LogP contribution in [0, 0.1) is 6.92 Å². The van der Waals surface area contributed by atoms with E-state index < -0.39 is 0 Å². The van der Waals surface area contributed by atoms with Gasteiger partial charge in [-0.3, -0.25) is 0 Å². The smallest absolute Gasteiger partial charge is 0.0654 e. The second-order valence-corrected chi connectivity index (χ2v) is 4.39. The first-order chi connectivity index (χ1) is 6.68. The molecule has 2 rings (SSSR count). The van der Waals surface area contributed by atoms with E-state index in [1.165, 1.54) is 5.56 Å². The van der Waals surface area contributed by atoms with Crippen molar-refractivity contribution < 1.29 is 0 Å². The van der Waals surface area contributed by atoms with Gasteiger partial charge < -0.3 is 4.98 Å². The molecule has 14 heavy (non-hydrogen) atoms. The molecule has 0 bridgehead atoms. The number of aromatic nitrogens is 1. The van der Waals surface area contributed by atoms with Crippen molar-refractivity contribution in [3.05, 3.63) is 40.7 Å². The molecule has 3 heteroatoms. The summed E-state index contributed by atoms with van der Waals surface area (Å²) in [5, 5.41) is 0.712. The van der Waals surface area contributed by atoms with Crippen molar-refractivity contribution in [2.45, 2.75) is 18.7 Å². The molecule has 1 unspecified atom stereocenters. The summed E-state index contributed by atoms with van der Waals surface area (Å²) in [4.78, 5) is 3.18. The van der Waals surface area contributed by atoms with Crippen LogP contribution in [0.4, 0.5) is 0 Å². The monoisotopic (exact) mass is 227 g/mol. The number of alkyl halides is 1. The molecule has 1 aromatic heterocycles. The third kappa shape index (κ3) is 1.75. The fourth-order valence-electron chi connectivity index (χ4n) is 1.60. The molecule has 1 heterocycles. The Morgan fingerprint density at radius 3 is 2.86 bits per heavy atom. The maximum atomic E-state index is 6.21. The molecule has 1 aliphatic rings. The van der Waals surface area contributed by atoms with Crippen molar-refractivity contribution in [2.24, 2.45) is 0 Å². The molecular formula is C11H11Cl2N. The summed E-state index contributed by atoms with van der Waals surface area (Å²) in [5.41, 5.74) is 3.22. The molecule has 0 amide bonds. The second kappa shape index (κ2) is 3.84. The summed E-state index contributed by atoms with van der Waals surface area (Å²) >= 11 is 12.3. The molecule has 1 atom stereocenters. The van der Waals surface area contributed by atoms with Crippen LogP contribution in [-0.4, -0.2) is 10.4 Å². The van der Waals surface area contributed by atoms with Gasteiger partial charge in [0.25, 0.3) is 0 Å². The lowest BCUT2D eigenvalue weighted by molar-refractivity contribution is 1.05. The molecular weight excluding hydrogens is 217 g/mol. The van der Waals surface area contributed by atoms with Gasteiger partial charge in [0.15, 0.2) is 0 Å². The quantitative estimate of drug-likeness (QED) is 0.703. The summed E-state index contributed by atoms with van der Waals surface area (Å²) in [7, 11) is 0. The lowest BCUT2D eigenvalue weighted by Crippen LogP contribution is -2.06. The lowest BCUT2D eigenvalue weighted by Gasteiger charge is -2.16. The normalized spacial score (nSPS) is 21.8. The number of nitrogens with one attached hydrogen (secondary N) is 1. The molecule has 1 N–H and O–H groups in total. The van der Waals surface area contributed by atoms with Gasteiger partial charge >= 0.3 is 0 Å². The van der Waals surface area contributed by atoms with Gasteiger partial charge in [0, 0.05) is 22.5 Å². The lowest BCUT2D eigenvalue weighted by atomic mass is 10.0. The molecule has 1 nitrogen and oxygen atoms in total. The molecule has 0 aromatic carbocycles. The molecule has 1 aliphatic carbocycles. The van der Waals surface area contributed by atoms with E-state index in [2.05, 4.69) is 11.1 Å². The van der Waals surface area contributed by atoms with Crippen molar-refractivity contribution in [1.29, 1.82) is 0 Å². The van der Waals surface area contributed by atoms with Crippen molar-refractivity contribution >= 4 is 28.8 Å². The first-order valence-corrected chi connectivity index (χ1v) is 5.35. The highest BCUT2D eigenvalue weighted by atomic mass is 35.5. The van der Waals surface area contributed by atoms with Gasteiger partial charge in [-0.1, -0.05) is 17.7 Å². The third-order valence-electron chi connectivity index (χ3n) is 2.30. The van der Waals surface area contributed by atoms with Crippen molar-refractivity contribution in [2.75, 3.05) is 0 Å². The largest absolute Gasteiger partial charge is 0.361 e. The number of aryl methyl sites for hydroxylation is 1. The predicted octanol–water partition coefficient (Wildman–Crippen LogP) is 3.84. The van der Waals surface area contributed by atoms with Crippen LogP contribution in [0.3, 0.4) is 0 Å². The Hall–Kier alpha value is -0.660. The van der Waals surface area contributed by atoms with Crippen LogP contribution in [0.15, 0.2) is 29.4 Å². The van der Waals surface area contributed by atoms with Crippen LogP contribution >= 0.6 is 23.2 Å². The molecule has 0 saturated carbocycles. The topological polar surface area (TPSA) is 15.8 Å². The number of hydrogen-bond acceptors (Lipinski definition) is 0. The van der Waals surface area contributed by atoms with E-state index in [0.29, 0.717) is 0 Å². The average Bonchev–Trinajstić information content (AvgIpc) is 2.51. The highest BCUT2D eigenvalue weighted by Crippen LogP contribution is 2.33. The van der Waals surface area contributed by atoms with Crippen LogP contribution in [0.2, 0.25) is 0 Å². The Bertz CT molecular complexity index is 401. The summed E-state index contributed by atoms with van der Waals surface area (Å²) in [6.07, 6.45) is 6.70. The van der Waals surface area contributed by atoms with Crippen molar-refractivity contribution in [1.82, 2.24) is 4.98 Å². The van der Waals surface area contributed by atoms with Gasteiger partial charge in [0.1, 0.15) is 0 Å². The Morgan fingerprint density at radius 2 is 2.29 bits per heavy atom. The third-order valence-corrected chi connectivity index (χ3v) is 3.02. The van der Waals surface area contributed by atoms with E-state index in [0.717, 1.165) is 22.7 Å². The Labute approximate surface area is 93.4 Å². The van der Waals surface area contributed by atoms with Gasteiger partial charge in [-0.25, -0.2) is 0 Å². The van der Waals surface area contributed by atoms with Gasteiger partial charge in [-0.2, -0.15) is 0 Å². The maximum Gasteiger partial charge on any atom is 0.0654 e. The summed E-state index contributed by atoms with van der Waals surface area (Å²) in [6, 6.07) is 2.06. The Balaban J connectivity index is 2.45. The highest BCUT2D eigenvalue weighted by Gasteiger charge is 2.19. The fraction of sp³-hybridized carbons (Fsp3) is 0.273. The van der Waals surface area contributed by atoms with Gasteiger partial charge in [0.2, 0.25) is 0 Å². The maximum absolute atomic E-state index is 6.21. The molecule has 74 valence electrons. The van der Waals surface area contributed by atoms with Crippen LogP contribution in [0.5, 0.6) is 0 Å². The minimum Gasteiger partial charge on any atom is -0.361 e. The van der Waals surface area contributed by atoms with E-state index in [4.69, 9.17) is 23.2 Å². The molecule has 1 aromatic rings. The second-order valence-electron chi connectivity index (χ2n) is 3.46. The van der Waals surface area contributed by atoms with Gasteiger partial charge in [-0.15, -0.1) is 11.6 Å². The summed E-state index contributed by atoms with van der Waals surface area (Å²) in [6.45, 7) is 2.04. The molecule has 0 fully saturated rings. The zero-order chi connectivity index (χ0) is 10.1. The first kappa shape index (κ1) is 9.88. The number of hydrogen-bond donors (Lipinski definition) is 1. The zero-order valence-electron chi connectivity index (χ0n) is 7.85. The first-order valence-electron chi connectivity index (χ1n) is 4.54. The molecule has 0 saturated heterocycles. The molecule has 0 spiro atoms. The minimum atomic E-state index is -0.0226. The summed E-state index contributed by atoms with van der Waals surface area (Å²) in [5.74, 6) is 0. The predicted molar refractivity (Wildman–Crippen MR) is 61.7 cm³/mol. The Morgan fingerprint density at radius 1 is 1.50 bits per heavy atom. The van der Waals surface area contributed by atoms with Crippen molar-refractivity contribution in [3.63, 3.8) is 0 Å². The number of allylic oxidation sites excluding steroid dienone is 4. The standard InChI is InChI=1S/C11H11Cl2N/c1-7-5-10(14-6-7)11-8(12)3-2-4-9(11)13/h2-3,5-6,9,14H,4H2,1H3. The van der Waals surface area contributed by atoms with Crippen molar-refractivity contribution in [3.8, 4) is 0 Å². The molecule has 0 aliphatic heterocycles. The Kier molecular flexibility index (Phi) is 2.71. The number of halogens is 2. The van der Waals surface area contributed by atoms with Crippen LogP contribution in [0.1, 0.15) is 17.7 Å². The van der Waals surface area contributed by atoms with E-state index >= 15 is 0 Å². The highest BCUT2D eigenvalue weighted by molar-refractivity contribution is 6.37. The molecule has 0 radical (unpaired) electrons. The van der Waals surface area contributed by atoms with Crippen LogP contribution < -0.4 is 0 Å². The van der Waals surface area contributed by atoms with Crippen LogP contribution in [0.25, 0.3) is 5.57 Å². The van der Waals surface area contributed by atoms with E-state index in [9.17, 15) is 0 Å². The van der Waals surface area contributed by atoms with Gasteiger partial charge in [-0.05, 0) is 31.1 Å². The van der Waals surface area contributed by atoms with E-state index in [1.807, 2.05) is 25.3 Å². The zero-order valence-corrected chi connectivity index (χ0v) is 9.36. The van der Waals surface area contributed by atoms with Gasteiger partial charge in [0.05, 0.1) is 5.38 Å². The average molecular weight is 228 g/mol. The number of H-pyrrole nitrogens is 1.